The zero-order valence-electron chi connectivity index (χ0n) is 16.5. The first kappa shape index (κ1) is 21.7. The van der Waals surface area contributed by atoms with Crippen LogP contribution >= 0.6 is 11.6 Å². The Balaban J connectivity index is 1.72. The third-order valence-electron chi connectivity index (χ3n) is 4.25. The summed E-state index contributed by atoms with van der Waals surface area (Å²) in [6, 6.07) is 19.1. The maximum Gasteiger partial charge on any atom is 0.276 e. The number of nitrogens with one attached hydrogen (secondary N) is 1. The summed E-state index contributed by atoms with van der Waals surface area (Å²) in [5.41, 5.74) is 2.45. The van der Waals surface area contributed by atoms with Gasteiger partial charge in [-0.15, -0.1) is 0 Å². The highest BCUT2D eigenvalue weighted by molar-refractivity contribution is 7.89. The Kier molecular flexibility index (Phi) is 6.97. The number of methoxy groups -OCH3 is 1. The SMILES string of the molecule is COc1ccc(/C=N/NS(=O)(=O)c2ccc(C)cc2)cc1OCc1ccccc1Cl. The number of aryl methyl sites for hydroxylation is 1. The Morgan fingerprint density at radius 1 is 1.03 bits per heavy atom. The van der Waals surface area contributed by atoms with E-state index < -0.39 is 10.0 Å². The monoisotopic (exact) mass is 444 g/mol. The van der Waals surface area contributed by atoms with Crippen molar-refractivity contribution in [3.05, 3.63) is 88.4 Å². The molecule has 8 heteroatoms. The third-order valence-corrected chi connectivity index (χ3v) is 5.85. The van der Waals surface area contributed by atoms with E-state index >= 15 is 0 Å². The largest absolute Gasteiger partial charge is 0.493 e. The van der Waals surface area contributed by atoms with Crippen molar-refractivity contribution in [1.82, 2.24) is 4.83 Å². The topological polar surface area (TPSA) is 77.0 Å². The second kappa shape index (κ2) is 9.65. The lowest BCUT2D eigenvalue weighted by Crippen LogP contribution is -2.18. The number of hydrazone groups is 1. The number of ether oxygens (including phenoxy) is 2. The Morgan fingerprint density at radius 2 is 1.77 bits per heavy atom. The van der Waals surface area contributed by atoms with Gasteiger partial charge in [0.05, 0.1) is 18.2 Å². The predicted molar refractivity (Wildman–Crippen MR) is 118 cm³/mol. The van der Waals surface area contributed by atoms with Crippen LogP contribution in [-0.2, 0) is 16.6 Å². The van der Waals surface area contributed by atoms with Gasteiger partial charge in [-0.25, -0.2) is 4.83 Å². The molecule has 0 aliphatic heterocycles. The van der Waals surface area contributed by atoms with Crippen molar-refractivity contribution in [3.63, 3.8) is 0 Å². The summed E-state index contributed by atoms with van der Waals surface area (Å²) in [7, 11) is -2.20. The maximum atomic E-state index is 12.3. The summed E-state index contributed by atoms with van der Waals surface area (Å²) in [5.74, 6) is 1.03. The van der Waals surface area contributed by atoms with Gasteiger partial charge in [0.1, 0.15) is 6.61 Å². The van der Waals surface area contributed by atoms with Gasteiger partial charge in [0.15, 0.2) is 11.5 Å². The van der Waals surface area contributed by atoms with Gasteiger partial charge in [0, 0.05) is 10.6 Å². The van der Waals surface area contributed by atoms with E-state index in [9.17, 15) is 8.42 Å². The summed E-state index contributed by atoms with van der Waals surface area (Å²) in [6.07, 6.45) is 1.40. The average Bonchev–Trinajstić information content (AvgIpc) is 2.73. The molecule has 0 saturated carbocycles. The number of hydrogen-bond acceptors (Lipinski definition) is 5. The fourth-order valence-corrected chi connectivity index (χ4v) is 3.58. The van der Waals surface area contributed by atoms with Crippen LogP contribution in [0.5, 0.6) is 11.5 Å². The molecular weight excluding hydrogens is 424 g/mol. The van der Waals surface area contributed by atoms with Gasteiger partial charge in [-0.3, -0.25) is 0 Å². The van der Waals surface area contributed by atoms with Gasteiger partial charge in [-0.2, -0.15) is 13.5 Å². The molecule has 0 atom stereocenters. The van der Waals surface area contributed by atoms with Gasteiger partial charge in [0.2, 0.25) is 0 Å². The quantitative estimate of drug-likeness (QED) is 0.408. The normalized spacial score (nSPS) is 11.4. The summed E-state index contributed by atoms with van der Waals surface area (Å²) in [5, 5.41) is 4.47. The van der Waals surface area contributed by atoms with Crippen LogP contribution in [-0.4, -0.2) is 21.7 Å². The van der Waals surface area contributed by atoms with Crippen molar-refractivity contribution in [2.24, 2.45) is 5.10 Å². The van der Waals surface area contributed by atoms with Gasteiger partial charge < -0.3 is 9.47 Å². The van der Waals surface area contributed by atoms with Crippen molar-refractivity contribution >= 4 is 27.8 Å². The molecule has 3 aromatic carbocycles. The first-order valence-corrected chi connectivity index (χ1v) is 10.9. The van der Waals surface area contributed by atoms with Crippen LogP contribution in [0.15, 0.2) is 76.7 Å². The predicted octanol–water partition coefficient (Wildman–Crippen LogP) is 4.55. The minimum Gasteiger partial charge on any atom is -0.493 e. The van der Waals surface area contributed by atoms with Crippen molar-refractivity contribution in [2.45, 2.75) is 18.4 Å². The van der Waals surface area contributed by atoms with E-state index in [1.807, 2.05) is 25.1 Å². The third kappa shape index (κ3) is 5.52. The van der Waals surface area contributed by atoms with E-state index in [0.717, 1.165) is 11.1 Å². The van der Waals surface area contributed by atoms with Crippen molar-refractivity contribution in [3.8, 4) is 11.5 Å². The molecule has 0 aliphatic carbocycles. The van der Waals surface area contributed by atoms with E-state index in [4.69, 9.17) is 21.1 Å². The van der Waals surface area contributed by atoms with E-state index in [2.05, 4.69) is 9.93 Å². The van der Waals surface area contributed by atoms with Gasteiger partial charge in [0.25, 0.3) is 10.0 Å². The fraction of sp³-hybridized carbons (Fsp3) is 0.136. The number of sulfonamides is 1. The highest BCUT2D eigenvalue weighted by Crippen LogP contribution is 2.29. The molecule has 0 aliphatic rings. The summed E-state index contributed by atoms with van der Waals surface area (Å²) in [6.45, 7) is 2.15. The van der Waals surface area contributed by atoms with Gasteiger partial charge >= 0.3 is 0 Å². The highest BCUT2D eigenvalue weighted by atomic mass is 35.5. The smallest absolute Gasteiger partial charge is 0.276 e. The molecule has 156 valence electrons. The van der Waals surface area contributed by atoms with Crippen LogP contribution in [0.25, 0.3) is 0 Å². The summed E-state index contributed by atoms with van der Waals surface area (Å²) >= 11 is 6.17. The Labute approximate surface area is 181 Å². The summed E-state index contributed by atoms with van der Waals surface area (Å²) in [4.78, 5) is 2.35. The van der Waals surface area contributed by atoms with Crippen LogP contribution < -0.4 is 14.3 Å². The lowest BCUT2D eigenvalue weighted by atomic mass is 10.2. The van der Waals surface area contributed by atoms with Crippen LogP contribution in [0.4, 0.5) is 0 Å². The standard InChI is InChI=1S/C22H21ClN2O4S/c1-16-7-10-19(11-8-16)30(26,27)25-24-14-17-9-12-21(28-2)22(13-17)29-15-18-5-3-4-6-20(18)23/h3-14,25H,15H2,1-2H3/b24-14+. The zero-order chi connectivity index (χ0) is 21.6. The number of halogens is 1. The van der Waals surface area contributed by atoms with E-state index in [-0.39, 0.29) is 11.5 Å². The van der Waals surface area contributed by atoms with Crippen LogP contribution in [0.1, 0.15) is 16.7 Å². The molecule has 0 fully saturated rings. The van der Waals surface area contributed by atoms with E-state index in [0.29, 0.717) is 22.1 Å². The Morgan fingerprint density at radius 3 is 2.47 bits per heavy atom. The van der Waals surface area contributed by atoms with Crippen molar-refractivity contribution in [2.75, 3.05) is 7.11 Å². The minimum atomic E-state index is -3.74. The first-order chi connectivity index (χ1) is 14.4. The molecule has 0 aromatic heterocycles. The second-order valence-electron chi connectivity index (χ2n) is 6.46. The van der Waals surface area contributed by atoms with E-state index in [1.54, 1.807) is 43.5 Å². The number of hydrogen-bond donors (Lipinski definition) is 1. The molecular formula is C22H21ClN2O4S. The van der Waals surface area contributed by atoms with Crippen LogP contribution in [0.2, 0.25) is 5.02 Å². The molecule has 0 amide bonds. The molecule has 6 nitrogen and oxygen atoms in total. The number of benzene rings is 3. The molecule has 0 bridgehead atoms. The van der Waals surface area contributed by atoms with Crippen molar-refractivity contribution < 1.29 is 17.9 Å². The average molecular weight is 445 g/mol. The molecule has 3 aromatic rings. The lowest BCUT2D eigenvalue weighted by molar-refractivity contribution is 0.284. The Hall–Kier alpha value is -3.03. The lowest BCUT2D eigenvalue weighted by Gasteiger charge is -2.12. The highest BCUT2D eigenvalue weighted by Gasteiger charge is 2.12. The number of rotatable bonds is 8. The molecule has 3 rings (SSSR count). The second-order valence-corrected chi connectivity index (χ2v) is 8.52. The fourth-order valence-electron chi connectivity index (χ4n) is 2.60. The maximum absolute atomic E-state index is 12.3. The molecule has 0 heterocycles. The molecule has 1 N–H and O–H groups in total. The zero-order valence-corrected chi connectivity index (χ0v) is 18.1. The summed E-state index contributed by atoms with van der Waals surface area (Å²) < 4.78 is 35.8. The van der Waals surface area contributed by atoms with Gasteiger partial charge in [-0.1, -0.05) is 47.5 Å². The van der Waals surface area contributed by atoms with Gasteiger partial charge in [-0.05, 0) is 48.9 Å². The molecule has 0 radical (unpaired) electrons. The Bertz CT molecular complexity index is 1150. The molecule has 0 spiro atoms. The number of nitrogens with zero attached hydrogens (tertiary/aromatic N) is 1. The minimum absolute atomic E-state index is 0.142. The van der Waals surface area contributed by atoms with E-state index in [1.165, 1.54) is 18.3 Å². The van der Waals surface area contributed by atoms with Crippen molar-refractivity contribution in [1.29, 1.82) is 0 Å². The molecule has 30 heavy (non-hydrogen) atoms. The first-order valence-electron chi connectivity index (χ1n) is 9.05. The molecule has 0 unspecified atom stereocenters. The van der Waals surface area contributed by atoms with Crippen LogP contribution in [0, 0.1) is 6.92 Å². The van der Waals surface area contributed by atoms with Crippen LogP contribution in [0.3, 0.4) is 0 Å². The molecule has 0 saturated heterocycles.